The second-order valence-corrected chi connectivity index (χ2v) is 5.59. The van der Waals surface area contributed by atoms with Crippen LogP contribution in [-0.2, 0) is 26.7 Å². The molecule has 1 aromatic rings. The minimum Gasteiger partial charge on any atom is -0.376 e. The van der Waals surface area contributed by atoms with Gasteiger partial charge in [0, 0.05) is 18.8 Å². The number of carbonyl (C=O) groups is 2. The number of hydrogen-bond acceptors (Lipinski definition) is 3. The van der Waals surface area contributed by atoms with Crippen molar-refractivity contribution >= 4 is 17.5 Å². The zero-order valence-corrected chi connectivity index (χ0v) is 13.1. The van der Waals surface area contributed by atoms with Crippen LogP contribution in [0.15, 0.2) is 18.2 Å². The van der Waals surface area contributed by atoms with E-state index < -0.39 is 41.0 Å². The summed E-state index contributed by atoms with van der Waals surface area (Å²) in [6, 6.07) is 0.564. The van der Waals surface area contributed by atoms with Gasteiger partial charge in [0.2, 0.25) is 0 Å². The first kappa shape index (κ1) is 20.0. The fourth-order valence-corrected chi connectivity index (χ4v) is 2.31. The summed E-state index contributed by atoms with van der Waals surface area (Å²) >= 11 is 0. The van der Waals surface area contributed by atoms with Crippen LogP contribution in [0.25, 0.3) is 0 Å². The van der Waals surface area contributed by atoms with Crippen molar-refractivity contribution in [3.8, 4) is 0 Å². The van der Waals surface area contributed by atoms with Gasteiger partial charge < -0.3 is 15.4 Å². The fraction of sp³-hybridized carbons (Fsp3) is 0.467. The van der Waals surface area contributed by atoms with Crippen molar-refractivity contribution < 1.29 is 40.7 Å². The number of nitrogens with one attached hydrogen (secondary N) is 2. The van der Waals surface area contributed by atoms with Crippen molar-refractivity contribution in [2.75, 3.05) is 18.5 Å². The molecule has 0 radical (unpaired) electrons. The molecule has 0 aliphatic carbocycles. The highest BCUT2D eigenvalue weighted by Gasteiger charge is 2.37. The van der Waals surface area contributed by atoms with E-state index in [1.807, 2.05) is 0 Å². The second kappa shape index (κ2) is 7.52. The molecule has 11 heteroatoms. The Balaban J connectivity index is 2.11. The zero-order chi connectivity index (χ0) is 19.5. The van der Waals surface area contributed by atoms with Gasteiger partial charge in [-0.25, -0.2) is 0 Å². The van der Waals surface area contributed by atoms with Gasteiger partial charge in [0.25, 0.3) is 0 Å². The van der Waals surface area contributed by atoms with Crippen LogP contribution in [0.4, 0.5) is 32.0 Å². The number of halogens is 6. The number of rotatable bonds is 3. The minimum absolute atomic E-state index is 0.0165. The molecule has 1 aliphatic rings. The van der Waals surface area contributed by atoms with E-state index in [4.69, 9.17) is 4.74 Å². The van der Waals surface area contributed by atoms with Crippen LogP contribution in [0.3, 0.4) is 0 Å². The van der Waals surface area contributed by atoms with E-state index in [1.165, 1.54) is 0 Å². The van der Waals surface area contributed by atoms with E-state index in [1.54, 1.807) is 5.32 Å². The van der Waals surface area contributed by atoms with Gasteiger partial charge >= 0.3 is 24.2 Å². The Labute approximate surface area is 143 Å². The van der Waals surface area contributed by atoms with Gasteiger partial charge in [0.15, 0.2) is 0 Å². The molecule has 1 aromatic carbocycles. The Morgan fingerprint density at radius 3 is 2.04 bits per heavy atom. The van der Waals surface area contributed by atoms with Gasteiger partial charge in [-0.3, -0.25) is 9.59 Å². The van der Waals surface area contributed by atoms with Gasteiger partial charge in [-0.05, 0) is 31.0 Å². The van der Waals surface area contributed by atoms with Gasteiger partial charge in [-0.1, -0.05) is 0 Å². The highest BCUT2D eigenvalue weighted by Crippen LogP contribution is 2.37. The summed E-state index contributed by atoms with van der Waals surface area (Å²) in [6.45, 7) is 0.528. The van der Waals surface area contributed by atoms with E-state index in [0.29, 0.717) is 25.2 Å². The van der Waals surface area contributed by atoms with Crippen LogP contribution in [0.2, 0.25) is 0 Å². The number of alkyl halides is 6. The van der Waals surface area contributed by atoms with Gasteiger partial charge in [0.05, 0.1) is 17.2 Å². The summed E-state index contributed by atoms with van der Waals surface area (Å²) in [6.07, 6.45) is -8.93. The first-order valence-electron chi connectivity index (χ1n) is 7.47. The molecule has 26 heavy (non-hydrogen) atoms. The highest BCUT2D eigenvalue weighted by atomic mass is 19.4. The topological polar surface area (TPSA) is 67.4 Å². The predicted octanol–water partition coefficient (Wildman–Crippen LogP) is 2.96. The van der Waals surface area contributed by atoms with Gasteiger partial charge in [-0.2, -0.15) is 26.3 Å². The maximum absolute atomic E-state index is 12.8. The standard InChI is InChI=1S/C15H14F6N2O3/c16-14(17,18)8-4-9(15(19,20)21)6-10(5-8)23-13(25)12(24)22-7-11-2-1-3-26-11/h4-6,11H,1-3,7H2,(H,22,24)(H,23,25). The van der Waals surface area contributed by atoms with E-state index in [-0.39, 0.29) is 18.7 Å². The lowest BCUT2D eigenvalue weighted by atomic mass is 10.1. The molecule has 0 bridgehead atoms. The maximum atomic E-state index is 12.8. The summed E-state index contributed by atoms with van der Waals surface area (Å²) in [7, 11) is 0. The first-order chi connectivity index (χ1) is 12.0. The van der Waals surface area contributed by atoms with Crippen molar-refractivity contribution in [3.05, 3.63) is 29.3 Å². The van der Waals surface area contributed by atoms with Crippen molar-refractivity contribution in [1.82, 2.24) is 5.32 Å². The van der Waals surface area contributed by atoms with Crippen molar-refractivity contribution in [2.45, 2.75) is 31.3 Å². The molecule has 1 heterocycles. The van der Waals surface area contributed by atoms with Crippen LogP contribution < -0.4 is 10.6 Å². The average molecular weight is 384 g/mol. The normalized spacial score (nSPS) is 17.8. The third-order valence-electron chi connectivity index (χ3n) is 3.57. The molecule has 0 aromatic heterocycles. The Morgan fingerprint density at radius 1 is 1.00 bits per heavy atom. The first-order valence-corrected chi connectivity index (χ1v) is 7.47. The fourth-order valence-electron chi connectivity index (χ4n) is 2.31. The molecular weight excluding hydrogens is 370 g/mol. The molecule has 144 valence electrons. The number of ether oxygens (including phenoxy) is 1. The Morgan fingerprint density at radius 2 is 1.58 bits per heavy atom. The smallest absolute Gasteiger partial charge is 0.376 e. The van der Waals surface area contributed by atoms with Crippen LogP contribution >= 0.6 is 0 Å². The van der Waals surface area contributed by atoms with Crippen molar-refractivity contribution in [2.24, 2.45) is 0 Å². The number of benzene rings is 1. The second-order valence-electron chi connectivity index (χ2n) is 5.59. The monoisotopic (exact) mass is 384 g/mol. The molecular formula is C15H14F6N2O3. The molecule has 2 amide bonds. The lowest BCUT2D eigenvalue weighted by Crippen LogP contribution is -2.39. The molecule has 5 nitrogen and oxygen atoms in total. The van der Waals surface area contributed by atoms with Gasteiger partial charge in [0.1, 0.15) is 0 Å². The van der Waals surface area contributed by atoms with E-state index in [9.17, 15) is 35.9 Å². The number of amides is 2. The third kappa shape index (κ3) is 5.35. The summed E-state index contributed by atoms with van der Waals surface area (Å²) in [4.78, 5) is 23.4. The van der Waals surface area contributed by atoms with Crippen molar-refractivity contribution in [3.63, 3.8) is 0 Å². The lowest BCUT2D eigenvalue weighted by molar-refractivity contribution is -0.143. The van der Waals surface area contributed by atoms with Crippen LogP contribution in [0, 0.1) is 0 Å². The van der Waals surface area contributed by atoms with Gasteiger partial charge in [-0.15, -0.1) is 0 Å². The number of anilines is 1. The molecule has 0 saturated carbocycles. The molecule has 1 unspecified atom stereocenters. The summed E-state index contributed by atoms with van der Waals surface area (Å²) < 4.78 is 81.7. The highest BCUT2D eigenvalue weighted by molar-refractivity contribution is 6.39. The van der Waals surface area contributed by atoms with Crippen LogP contribution in [-0.4, -0.2) is 31.1 Å². The molecule has 0 spiro atoms. The quantitative estimate of drug-likeness (QED) is 0.622. The zero-order valence-electron chi connectivity index (χ0n) is 13.1. The molecule has 1 aliphatic heterocycles. The minimum atomic E-state index is -5.05. The van der Waals surface area contributed by atoms with E-state index >= 15 is 0 Å². The number of carbonyl (C=O) groups excluding carboxylic acids is 2. The molecule has 1 atom stereocenters. The van der Waals surface area contributed by atoms with E-state index in [2.05, 4.69) is 5.32 Å². The van der Waals surface area contributed by atoms with E-state index in [0.717, 1.165) is 6.42 Å². The SMILES string of the molecule is O=C(NCC1CCCO1)C(=O)Nc1cc(C(F)(F)F)cc(C(F)(F)F)c1. The molecule has 2 rings (SSSR count). The average Bonchev–Trinajstić information content (AvgIpc) is 3.04. The van der Waals surface area contributed by atoms with Crippen LogP contribution in [0.5, 0.6) is 0 Å². The third-order valence-corrected chi connectivity index (χ3v) is 3.57. The Kier molecular flexibility index (Phi) is 5.79. The Bertz CT molecular complexity index is 649. The maximum Gasteiger partial charge on any atom is 0.416 e. The number of hydrogen-bond donors (Lipinski definition) is 2. The molecule has 1 fully saturated rings. The molecule has 2 N–H and O–H groups in total. The summed E-state index contributed by atoms with van der Waals surface area (Å²) in [5, 5.41) is 3.96. The molecule has 1 saturated heterocycles. The summed E-state index contributed by atoms with van der Waals surface area (Å²) in [5.74, 6) is -2.57. The summed E-state index contributed by atoms with van der Waals surface area (Å²) in [5.41, 5.74) is -3.98. The Hall–Kier alpha value is -2.30. The van der Waals surface area contributed by atoms with Crippen LogP contribution in [0.1, 0.15) is 24.0 Å². The predicted molar refractivity (Wildman–Crippen MR) is 77.1 cm³/mol. The van der Waals surface area contributed by atoms with Crippen molar-refractivity contribution in [1.29, 1.82) is 0 Å². The lowest BCUT2D eigenvalue weighted by Gasteiger charge is -2.15. The largest absolute Gasteiger partial charge is 0.416 e.